The normalized spacial score (nSPS) is 11.7. The Bertz CT molecular complexity index is 1260. The number of rotatable bonds is 8. The number of hydrogen-bond donors (Lipinski definition) is 0. The number of halogens is 1. The second-order valence-electron chi connectivity index (χ2n) is 7.19. The zero-order valence-electron chi connectivity index (χ0n) is 18.0. The topological polar surface area (TPSA) is 98.6 Å². The molecular formula is C21H22ClN3O5S2. The van der Waals surface area contributed by atoms with Crippen LogP contribution in [-0.2, 0) is 19.6 Å². The van der Waals surface area contributed by atoms with Crippen LogP contribution < -0.4 is 0 Å². The summed E-state index contributed by atoms with van der Waals surface area (Å²) in [5.74, 6) is -1.21. The molecular weight excluding hydrogens is 474 g/mol. The van der Waals surface area contributed by atoms with Gasteiger partial charge in [0.1, 0.15) is 6.54 Å². The lowest BCUT2D eigenvalue weighted by atomic mass is 10.1. The van der Waals surface area contributed by atoms with Gasteiger partial charge in [0.25, 0.3) is 0 Å². The Labute approximate surface area is 195 Å². The van der Waals surface area contributed by atoms with Crippen molar-refractivity contribution in [3.05, 3.63) is 63.4 Å². The number of aromatic nitrogens is 2. The van der Waals surface area contributed by atoms with Gasteiger partial charge in [-0.05, 0) is 51.1 Å². The van der Waals surface area contributed by atoms with Gasteiger partial charge in [0.05, 0.1) is 10.6 Å². The summed E-state index contributed by atoms with van der Waals surface area (Å²) >= 11 is 7.25. The van der Waals surface area contributed by atoms with E-state index in [0.29, 0.717) is 16.3 Å². The Morgan fingerprint density at radius 3 is 2.44 bits per heavy atom. The van der Waals surface area contributed by atoms with Crippen molar-refractivity contribution in [1.29, 1.82) is 0 Å². The van der Waals surface area contributed by atoms with E-state index in [9.17, 15) is 18.0 Å². The van der Waals surface area contributed by atoms with Gasteiger partial charge in [-0.2, -0.15) is 4.31 Å². The zero-order valence-corrected chi connectivity index (χ0v) is 20.3. The van der Waals surface area contributed by atoms with Crippen molar-refractivity contribution < 1.29 is 22.7 Å². The molecule has 0 spiro atoms. The molecule has 1 aromatic carbocycles. The Balaban J connectivity index is 1.64. The van der Waals surface area contributed by atoms with Gasteiger partial charge in [0.2, 0.25) is 15.8 Å². The van der Waals surface area contributed by atoms with Gasteiger partial charge in [-0.1, -0.05) is 11.6 Å². The summed E-state index contributed by atoms with van der Waals surface area (Å²) in [6, 6.07) is 7.32. The van der Waals surface area contributed by atoms with Gasteiger partial charge in [-0.15, -0.1) is 11.3 Å². The van der Waals surface area contributed by atoms with Crippen LogP contribution >= 0.6 is 22.9 Å². The predicted octanol–water partition coefficient (Wildman–Crippen LogP) is 3.56. The highest BCUT2D eigenvalue weighted by Crippen LogP contribution is 2.24. The monoisotopic (exact) mass is 495 g/mol. The molecule has 3 aromatic rings. The van der Waals surface area contributed by atoms with Gasteiger partial charge in [0, 0.05) is 34.4 Å². The van der Waals surface area contributed by atoms with E-state index in [1.165, 1.54) is 42.6 Å². The first-order valence-electron chi connectivity index (χ1n) is 9.53. The van der Waals surface area contributed by atoms with E-state index < -0.39 is 29.1 Å². The minimum Gasteiger partial charge on any atom is -0.456 e. The summed E-state index contributed by atoms with van der Waals surface area (Å²) in [4.78, 5) is 29.3. The first kappa shape index (κ1) is 24.1. The molecule has 0 aliphatic rings. The maximum Gasteiger partial charge on any atom is 0.321 e. The SMILES string of the molecule is Cc1csc(-n2c(C)cc(C(=O)COC(=O)CN(C)S(=O)(=O)c3ccc(Cl)cc3)c2C)n1. The molecule has 170 valence electrons. The summed E-state index contributed by atoms with van der Waals surface area (Å²) < 4.78 is 32.9. The van der Waals surface area contributed by atoms with Crippen molar-refractivity contribution in [2.24, 2.45) is 0 Å². The summed E-state index contributed by atoms with van der Waals surface area (Å²) in [5.41, 5.74) is 2.84. The van der Waals surface area contributed by atoms with Crippen LogP contribution in [0.4, 0.5) is 0 Å². The van der Waals surface area contributed by atoms with E-state index in [1.54, 1.807) is 13.0 Å². The molecule has 32 heavy (non-hydrogen) atoms. The fraction of sp³-hybridized carbons (Fsp3) is 0.286. The number of Topliss-reactive ketones (excluding diaryl/α,β-unsaturated/α-hetero) is 1. The van der Waals surface area contributed by atoms with Crippen LogP contribution in [0.25, 0.3) is 5.13 Å². The zero-order chi connectivity index (χ0) is 23.6. The first-order chi connectivity index (χ1) is 15.0. The van der Waals surface area contributed by atoms with Crippen LogP contribution in [0.3, 0.4) is 0 Å². The predicted molar refractivity (Wildman–Crippen MR) is 122 cm³/mol. The van der Waals surface area contributed by atoms with Crippen LogP contribution in [0.2, 0.25) is 5.02 Å². The van der Waals surface area contributed by atoms with Gasteiger partial charge >= 0.3 is 5.97 Å². The molecule has 0 aliphatic heterocycles. The smallest absolute Gasteiger partial charge is 0.321 e. The number of carbonyl (C=O) groups excluding carboxylic acids is 2. The van der Waals surface area contributed by atoms with Gasteiger partial charge < -0.3 is 4.74 Å². The number of ketones is 1. The summed E-state index contributed by atoms with van der Waals surface area (Å²) in [7, 11) is -2.64. The molecule has 0 N–H and O–H groups in total. The molecule has 0 radical (unpaired) electrons. The van der Waals surface area contributed by atoms with Gasteiger partial charge in [0.15, 0.2) is 11.7 Å². The molecule has 2 aromatic heterocycles. The number of sulfonamides is 1. The maximum absolute atomic E-state index is 12.7. The quantitative estimate of drug-likeness (QED) is 0.350. The third-order valence-corrected chi connectivity index (χ3v) is 7.78. The van der Waals surface area contributed by atoms with Crippen LogP contribution in [0.1, 0.15) is 27.4 Å². The first-order valence-corrected chi connectivity index (χ1v) is 12.2. The van der Waals surface area contributed by atoms with E-state index in [-0.39, 0.29) is 10.7 Å². The van der Waals surface area contributed by atoms with Crippen LogP contribution in [0.5, 0.6) is 0 Å². The highest BCUT2D eigenvalue weighted by atomic mass is 35.5. The number of aryl methyl sites for hydroxylation is 2. The number of nitrogens with zero attached hydrogens (tertiary/aromatic N) is 3. The largest absolute Gasteiger partial charge is 0.456 e. The molecule has 8 nitrogen and oxygen atoms in total. The number of likely N-dealkylation sites (N-methyl/N-ethyl adjacent to an activating group) is 1. The van der Waals surface area contributed by atoms with Crippen LogP contribution in [-0.4, -0.2) is 54.2 Å². The lowest BCUT2D eigenvalue weighted by Gasteiger charge is -2.16. The average Bonchev–Trinajstić information content (AvgIpc) is 3.28. The van der Waals surface area contributed by atoms with E-state index in [2.05, 4.69) is 4.98 Å². The standard InChI is InChI=1S/C21H22ClN3O5S2/c1-13-12-31-21(23-13)25-14(2)9-18(15(25)3)19(26)11-30-20(27)10-24(4)32(28,29)17-7-5-16(22)6-8-17/h5-9,12H,10-11H2,1-4H3. The van der Waals surface area contributed by atoms with Crippen molar-refractivity contribution in [1.82, 2.24) is 13.9 Å². The summed E-state index contributed by atoms with van der Waals surface area (Å²) in [5, 5.41) is 3.07. The summed E-state index contributed by atoms with van der Waals surface area (Å²) in [6.45, 7) is 4.53. The van der Waals surface area contributed by atoms with Crippen molar-refractivity contribution in [3.8, 4) is 5.13 Å². The van der Waals surface area contributed by atoms with E-state index in [1.807, 2.05) is 23.8 Å². The lowest BCUT2D eigenvalue weighted by Crippen LogP contribution is -2.33. The Kier molecular flexibility index (Phi) is 7.19. The number of esters is 1. The molecule has 2 heterocycles. The van der Waals surface area contributed by atoms with E-state index in [0.717, 1.165) is 20.8 Å². The summed E-state index contributed by atoms with van der Waals surface area (Å²) in [6.07, 6.45) is 0. The fourth-order valence-electron chi connectivity index (χ4n) is 3.11. The third-order valence-electron chi connectivity index (χ3n) is 4.77. The second-order valence-corrected chi connectivity index (χ2v) is 10.5. The Morgan fingerprint density at radius 2 is 1.84 bits per heavy atom. The molecule has 0 atom stereocenters. The van der Waals surface area contributed by atoms with Gasteiger partial charge in [-0.25, -0.2) is 13.4 Å². The fourth-order valence-corrected chi connectivity index (χ4v) is 5.26. The average molecular weight is 496 g/mol. The molecule has 0 amide bonds. The minimum atomic E-state index is -3.90. The van der Waals surface area contributed by atoms with Crippen LogP contribution in [0.15, 0.2) is 40.6 Å². The molecule has 0 unspecified atom stereocenters. The van der Waals surface area contributed by atoms with Gasteiger partial charge in [-0.3, -0.25) is 14.2 Å². The molecule has 0 bridgehead atoms. The number of ether oxygens (including phenoxy) is 1. The molecule has 0 fully saturated rings. The Morgan fingerprint density at radius 1 is 1.19 bits per heavy atom. The van der Waals surface area contributed by atoms with Crippen molar-refractivity contribution in [2.45, 2.75) is 25.7 Å². The van der Waals surface area contributed by atoms with E-state index >= 15 is 0 Å². The van der Waals surface area contributed by atoms with Crippen molar-refractivity contribution >= 4 is 44.7 Å². The van der Waals surface area contributed by atoms with Crippen molar-refractivity contribution in [3.63, 3.8) is 0 Å². The minimum absolute atomic E-state index is 0.00172. The number of benzene rings is 1. The van der Waals surface area contributed by atoms with E-state index in [4.69, 9.17) is 16.3 Å². The molecule has 0 aliphatic carbocycles. The van der Waals surface area contributed by atoms with Crippen molar-refractivity contribution in [2.75, 3.05) is 20.2 Å². The molecule has 0 saturated carbocycles. The number of thiazole rings is 1. The highest BCUT2D eigenvalue weighted by Gasteiger charge is 2.25. The highest BCUT2D eigenvalue weighted by molar-refractivity contribution is 7.89. The molecule has 0 saturated heterocycles. The lowest BCUT2D eigenvalue weighted by molar-refractivity contribution is -0.142. The molecule has 11 heteroatoms. The Hall–Kier alpha value is -2.53. The second kappa shape index (κ2) is 9.53. The maximum atomic E-state index is 12.7. The third kappa shape index (κ3) is 5.09. The molecule has 3 rings (SSSR count). The van der Waals surface area contributed by atoms with Crippen LogP contribution in [0, 0.1) is 20.8 Å². The number of hydrogen-bond acceptors (Lipinski definition) is 7. The number of carbonyl (C=O) groups is 2.